The molecule has 0 aliphatic rings. The van der Waals surface area contributed by atoms with E-state index in [1.807, 2.05) is 13.8 Å². The second-order valence-electron chi connectivity index (χ2n) is 7.41. The van der Waals surface area contributed by atoms with Gasteiger partial charge < -0.3 is 10.5 Å². The molecule has 0 aliphatic carbocycles. The molecule has 4 heteroatoms. The minimum atomic E-state index is -0.469. The van der Waals surface area contributed by atoms with Crippen LogP contribution >= 0.6 is 12.4 Å². The van der Waals surface area contributed by atoms with Crippen LogP contribution in [-0.2, 0) is 9.53 Å². The zero-order chi connectivity index (χ0) is 17.6. The van der Waals surface area contributed by atoms with Gasteiger partial charge in [-0.05, 0) is 39.2 Å². The van der Waals surface area contributed by atoms with Gasteiger partial charge in [0.1, 0.15) is 0 Å². The first kappa shape index (κ1) is 26.0. The quantitative estimate of drug-likeness (QED) is 0.292. The number of esters is 1. The van der Waals surface area contributed by atoms with Gasteiger partial charge in [-0.15, -0.1) is 12.4 Å². The van der Waals surface area contributed by atoms with Crippen LogP contribution in [0.5, 0.6) is 0 Å². The molecule has 0 aromatic carbocycles. The molecule has 0 aliphatic heterocycles. The summed E-state index contributed by atoms with van der Waals surface area (Å²) in [6.45, 7) is 9.53. The highest BCUT2D eigenvalue weighted by atomic mass is 35.5. The maximum absolute atomic E-state index is 12.4. The molecule has 0 bridgehead atoms. The van der Waals surface area contributed by atoms with Gasteiger partial charge in [0.2, 0.25) is 0 Å². The number of rotatable bonds is 15. The summed E-state index contributed by atoms with van der Waals surface area (Å²) >= 11 is 0. The van der Waals surface area contributed by atoms with E-state index >= 15 is 0 Å². The molecule has 0 radical (unpaired) electrons. The summed E-state index contributed by atoms with van der Waals surface area (Å²) in [4.78, 5) is 12.4. The molecule has 0 amide bonds. The Bertz CT molecular complexity index is 295. The first-order chi connectivity index (χ1) is 11.0. The Morgan fingerprint density at radius 1 is 0.917 bits per heavy atom. The fourth-order valence-electron chi connectivity index (χ4n) is 2.99. The summed E-state index contributed by atoms with van der Waals surface area (Å²) in [6, 6.07) is 0. The third kappa shape index (κ3) is 11.3. The Labute approximate surface area is 156 Å². The van der Waals surface area contributed by atoms with Crippen molar-refractivity contribution in [2.45, 2.75) is 98.3 Å². The summed E-state index contributed by atoms with van der Waals surface area (Å²) in [6.07, 6.45) is 13.2. The standard InChI is InChI=1S/C20H41NO2.ClH/c1-5-7-9-11-12-13-15-18(17-21)20(3,4)19(22)23-16-14-10-8-6-2;/h18H,5-17,21H2,1-4H3;1H. The molecule has 24 heavy (non-hydrogen) atoms. The second-order valence-corrected chi connectivity index (χ2v) is 7.41. The average molecular weight is 364 g/mol. The third-order valence-electron chi connectivity index (χ3n) is 4.97. The molecule has 146 valence electrons. The number of nitrogens with two attached hydrogens (primary N) is 1. The van der Waals surface area contributed by atoms with Gasteiger partial charge in [0.05, 0.1) is 12.0 Å². The van der Waals surface area contributed by atoms with Gasteiger partial charge in [-0.3, -0.25) is 4.79 Å². The van der Waals surface area contributed by atoms with Gasteiger partial charge in [-0.1, -0.05) is 71.6 Å². The molecule has 1 unspecified atom stereocenters. The third-order valence-corrected chi connectivity index (χ3v) is 4.97. The monoisotopic (exact) mass is 363 g/mol. The van der Waals surface area contributed by atoms with E-state index < -0.39 is 5.41 Å². The number of carbonyl (C=O) groups is 1. The van der Waals surface area contributed by atoms with Crippen molar-refractivity contribution in [2.75, 3.05) is 13.2 Å². The fraction of sp³-hybridized carbons (Fsp3) is 0.950. The fourth-order valence-corrected chi connectivity index (χ4v) is 2.99. The molecule has 0 spiro atoms. The van der Waals surface area contributed by atoms with Crippen LogP contribution in [0, 0.1) is 11.3 Å². The number of unbranched alkanes of at least 4 members (excludes halogenated alkanes) is 8. The highest BCUT2D eigenvalue weighted by Gasteiger charge is 2.36. The molecule has 0 heterocycles. The molecule has 1 atom stereocenters. The van der Waals surface area contributed by atoms with E-state index in [2.05, 4.69) is 13.8 Å². The Balaban J connectivity index is 0. The molecule has 0 rings (SSSR count). The Morgan fingerprint density at radius 3 is 1.96 bits per heavy atom. The van der Waals surface area contributed by atoms with Gasteiger partial charge in [0, 0.05) is 0 Å². The van der Waals surface area contributed by atoms with Gasteiger partial charge >= 0.3 is 5.97 Å². The van der Waals surface area contributed by atoms with Crippen molar-refractivity contribution < 1.29 is 9.53 Å². The van der Waals surface area contributed by atoms with Gasteiger partial charge in [0.15, 0.2) is 0 Å². The lowest BCUT2D eigenvalue weighted by molar-refractivity contribution is -0.157. The summed E-state index contributed by atoms with van der Waals surface area (Å²) < 4.78 is 5.50. The second kappa shape index (κ2) is 16.2. The van der Waals surface area contributed by atoms with E-state index in [1.165, 1.54) is 51.4 Å². The van der Waals surface area contributed by atoms with Crippen molar-refractivity contribution in [1.29, 1.82) is 0 Å². The predicted molar refractivity (Wildman–Crippen MR) is 107 cm³/mol. The summed E-state index contributed by atoms with van der Waals surface area (Å²) in [5, 5.41) is 0. The summed E-state index contributed by atoms with van der Waals surface area (Å²) in [5.74, 6) is 0.146. The molecule has 0 aromatic rings. The average Bonchev–Trinajstić information content (AvgIpc) is 2.53. The number of carbonyl (C=O) groups excluding carboxylic acids is 1. The van der Waals surface area contributed by atoms with Crippen LogP contribution in [0.15, 0.2) is 0 Å². The van der Waals surface area contributed by atoms with Crippen molar-refractivity contribution >= 4 is 18.4 Å². The van der Waals surface area contributed by atoms with Crippen LogP contribution in [0.3, 0.4) is 0 Å². The van der Waals surface area contributed by atoms with Crippen molar-refractivity contribution in [3.63, 3.8) is 0 Å². The zero-order valence-corrected chi connectivity index (χ0v) is 17.4. The van der Waals surface area contributed by atoms with Crippen molar-refractivity contribution in [3.8, 4) is 0 Å². The molecule has 0 aromatic heterocycles. The molecule has 0 saturated heterocycles. The van der Waals surface area contributed by atoms with Gasteiger partial charge in [0.25, 0.3) is 0 Å². The lowest BCUT2D eigenvalue weighted by atomic mass is 9.76. The number of ether oxygens (including phenoxy) is 1. The van der Waals surface area contributed by atoms with Crippen molar-refractivity contribution in [3.05, 3.63) is 0 Å². The highest BCUT2D eigenvalue weighted by molar-refractivity contribution is 5.85. The predicted octanol–water partition coefficient (Wildman–Crippen LogP) is 5.88. The van der Waals surface area contributed by atoms with Gasteiger partial charge in [-0.2, -0.15) is 0 Å². The maximum atomic E-state index is 12.4. The van der Waals surface area contributed by atoms with E-state index in [4.69, 9.17) is 10.5 Å². The Kier molecular flexibility index (Phi) is 17.5. The van der Waals surface area contributed by atoms with Crippen LogP contribution in [0.1, 0.15) is 98.3 Å². The van der Waals surface area contributed by atoms with E-state index in [9.17, 15) is 4.79 Å². The van der Waals surface area contributed by atoms with E-state index in [-0.39, 0.29) is 24.3 Å². The largest absolute Gasteiger partial charge is 0.465 e. The van der Waals surface area contributed by atoms with E-state index in [0.29, 0.717) is 13.2 Å². The maximum Gasteiger partial charge on any atom is 0.311 e. The smallest absolute Gasteiger partial charge is 0.311 e. The normalized spacial score (nSPS) is 12.5. The molecule has 0 saturated carbocycles. The zero-order valence-electron chi connectivity index (χ0n) is 16.6. The highest BCUT2D eigenvalue weighted by Crippen LogP contribution is 2.32. The number of hydrogen-bond donors (Lipinski definition) is 1. The van der Waals surface area contributed by atoms with Crippen LogP contribution in [0.25, 0.3) is 0 Å². The van der Waals surface area contributed by atoms with Crippen LogP contribution in [-0.4, -0.2) is 19.1 Å². The topological polar surface area (TPSA) is 52.3 Å². The Hall–Kier alpha value is -0.280. The lowest BCUT2D eigenvalue weighted by Crippen LogP contribution is -2.38. The number of hydrogen-bond acceptors (Lipinski definition) is 3. The first-order valence-corrected chi connectivity index (χ1v) is 9.87. The van der Waals surface area contributed by atoms with Crippen LogP contribution < -0.4 is 5.73 Å². The van der Waals surface area contributed by atoms with E-state index in [0.717, 1.165) is 19.3 Å². The number of halogens is 1. The molecular weight excluding hydrogens is 322 g/mol. The molecule has 3 nitrogen and oxygen atoms in total. The summed E-state index contributed by atoms with van der Waals surface area (Å²) in [7, 11) is 0. The molecular formula is C20H42ClNO2. The minimum Gasteiger partial charge on any atom is -0.465 e. The molecule has 2 N–H and O–H groups in total. The molecule has 0 fully saturated rings. The van der Waals surface area contributed by atoms with E-state index in [1.54, 1.807) is 0 Å². The van der Waals surface area contributed by atoms with Gasteiger partial charge in [-0.25, -0.2) is 0 Å². The van der Waals surface area contributed by atoms with Crippen LogP contribution in [0.2, 0.25) is 0 Å². The summed E-state index contributed by atoms with van der Waals surface area (Å²) in [5.41, 5.74) is 5.48. The lowest BCUT2D eigenvalue weighted by Gasteiger charge is -2.31. The Morgan fingerprint density at radius 2 is 1.42 bits per heavy atom. The first-order valence-electron chi connectivity index (χ1n) is 9.87. The van der Waals surface area contributed by atoms with Crippen molar-refractivity contribution in [2.24, 2.45) is 17.1 Å². The SMILES string of the molecule is CCCCCCCCC(CN)C(C)(C)C(=O)OCCCCCC.Cl. The van der Waals surface area contributed by atoms with Crippen LogP contribution in [0.4, 0.5) is 0 Å². The minimum absolute atomic E-state index is 0. The van der Waals surface area contributed by atoms with Crippen molar-refractivity contribution in [1.82, 2.24) is 0 Å².